The number of carbonyl (C=O) groups excluding carboxylic acids is 4. The molecule has 0 fully saturated rings. The van der Waals surface area contributed by atoms with E-state index in [-0.39, 0.29) is 0 Å². The fourth-order valence-corrected chi connectivity index (χ4v) is 0. The summed E-state index contributed by atoms with van der Waals surface area (Å²) in [6, 6.07) is -3.33. The molecule has 14 heteroatoms. The molecule has 0 aliphatic rings. The number of carbonyl (C=O) groups is 4. The Kier molecular flexibility index (Phi) is 45.4. The van der Waals surface area contributed by atoms with Gasteiger partial charge >= 0.3 is 24.1 Å². The fraction of sp³-hybridized carbons (Fsp3) is 0. The van der Waals surface area contributed by atoms with Crippen molar-refractivity contribution < 1.29 is 19.2 Å². The minimum atomic E-state index is -0.833. The van der Waals surface area contributed by atoms with Crippen LogP contribution in [0.15, 0.2) is 0 Å². The minimum absolute atomic E-state index is 0.833. The molecular weight excluding hydrogens is 264 g/mol. The van der Waals surface area contributed by atoms with Gasteiger partial charge in [0.1, 0.15) is 0 Å². The monoisotopic (exact) mass is 282 g/mol. The molecule has 0 aliphatic heterocycles. The van der Waals surface area contributed by atoms with Gasteiger partial charge in [-0.3, -0.25) is 0 Å². The second kappa shape index (κ2) is 29.3. The molecule has 0 aromatic rings. The lowest BCUT2D eigenvalue weighted by Crippen LogP contribution is -2.18. The van der Waals surface area contributed by atoms with Gasteiger partial charge in [-0.2, -0.15) is 5.26 Å². The van der Waals surface area contributed by atoms with Gasteiger partial charge in [0.05, 0.1) is 0 Å². The average molecular weight is 282 g/mol. The molecule has 0 aliphatic carbocycles. The molecule has 0 rings (SSSR count). The Morgan fingerprint density at radius 1 is 0.579 bits per heavy atom. The van der Waals surface area contributed by atoms with Gasteiger partial charge in [-0.15, -0.1) is 0 Å². The summed E-state index contributed by atoms with van der Waals surface area (Å²) in [7, 11) is 0. The third kappa shape index (κ3) is 167. The van der Waals surface area contributed by atoms with E-state index >= 15 is 0 Å². The first kappa shape index (κ1) is 29.5. The van der Waals surface area contributed by atoms with Crippen LogP contribution in [-0.4, -0.2) is 24.1 Å². The van der Waals surface area contributed by atoms with Crippen LogP contribution >= 0.6 is 0 Å². The molecule has 0 saturated heterocycles. The maximum Gasteiger partial charge on any atom is 0.309 e. The second-order valence-corrected chi connectivity index (χ2v) is 1.74. The van der Waals surface area contributed by atoms with Gasteiger partial charge in [0.25, 0.3) is 0 Å². The van der Waals surface area contributed by atoms with Crippen LogP contribution in [0, 0.1) is 11.5 Å². The lowest BCUT2D eigenvalue weighted by molar-refractivity contribution is 0.255. The van der Waals surface area contributed by atoms with Crippen LogP contribution in [0.2, 0.25) is 0 Å². The third-order valence-corrected chi connectivity index (χ3v) is 0. The quantitative estimate of drug-likeness (QED) is 0.155. The molecule has 18 N–H and O–H groups in total. The standard InChI is InChI=1S/4CH4N2O.CH2N2/c4*2-1(3)4;2-1-3/h4*(H4,2,3,4);2H2. The first-order valence-corrected chi connectivity index (χ1v) is 3.64. The van der Waals surface area contributed by atoms with Gasteiger partial charge in [0.15, 0.2) is 6.19 Å². The molecule has 0 heterocycles. The molecule has 0 saturated carbocycles. The Bertz CT molecular complexity index is 233. The molecule has 14 nitrogen and oxygen atoms in total. The summed E-state index contributed by atoms with van der Waals surface area (Å²) in [6.07, 6.45) is 1.25. The van der Waals surface area contributed by atoms with Crippen LogP contribution in [0.25, 0.3) is 0 Å². The van der Waals surface area contributed by atoms with Crippen molar-refractivity contribution in [3.63, 3.8) is 0 Å². The van der Waals surface area contributed by atoms with E-state index in [1.54, 1.807) is 0 Å². The van der Waals surface area contributed by atoms with Crippen LogP contribution in [0.3, 0.4) is 0 Å². The van der Waals surface area contributed by atoms with E-state index in [1.165, 1.54) is 6.19 Å². The zero-order chi connectivity index (χ0) is 17.0. The Morgan fingerprint density at radius 3 is 0.579 bits per heavy atom. The SMILES string of the molecule is N#CN.NC(N)=O.NC(N)=O.NC(N)=O.NC(N)=O. The molecular formula is C5H18N10O4. The number of amides is 8. The third-order valence-electron chi connectivity index (χ3n) is 0. The van der Waals surface area contributed by atoms with Crippen molar-refractivity contribution in [2.45, 2.75) is 0 Å². The molecule has 8 amide bonds. The van der Waals surface area contributed by atoms with Crippen LogP contribution < -0.4 is 51.6 Å². The van der Waals surface area contributed by atoms with Crippen molar-refractivity contribution in [3.05, 3.63) is 0 Å². The number of rotatable bonds is 0. The molecule has 0 radical (unpaired) electrons. The van der Waals surface area contributed by atoms with Gasteiger partial charge in [-0.05, 0) is 0 Å². The lowest BCUT2D eigenvalue weighted by atomic mass is 11.2. The van der Waals surface area contributed by atoms with Crippen molar-refractivity contribution in [3.8, 4) is 6.19 Å². The second-order valence-electron chi connectivity index (χ2n) is 1.74. The first-order valence-electron chi connectivity index (χ1n) is 3.64. The zero-order valence-corrected chi connectivity index (χ0v) is 9.78. The molecule has 0 aromatic carbocycles. The molecule has 0 unspecified atom stereocenters. The first-order chi connectivity index (χ1) is 8.34. The smallest absolute Gasteiger partial charge is 0.309 e. The van der Waals surface area contributed by atoms with E-state index < -0.39 is 24.1 Å². The molecule has 112 valence electrons. The summed E-state index contributed by atoms with van der Waals surface area (Å²) >= 11 is 0. The zero-order valence-electron chi connectivity index (χ0n) is 9.78. The number of hydrogen-bond acceptors (Lipinski definition) is 6. The summed E-state index contributed by atoms with van der Waals surface area (Å²) in [4.78, 5) is 36.0. The van der Waals surface area contributed by atoms with E-state index in [1.807, 2.05) is 0 Å². The number of nitrogens with zero attached hydrogens (tertiary/aromatic N) is 1. The van der Waals surface area contributed by atoms with E-state index in [0.29, 0.717) is 0 Å². The Balaban J connectivity index is -0.0000000432. The predicted molar refractivity (Wildman–Crippen MR) is 64.9 cm³/mol. The molecule has 0 bridgehead atoms. The summed E-state index contributed by atoms with van der Waals surface area (Å²) in [6.45, 7) is 0. The highest BCUT2D eigenvalue weighted by Crippen LogP contribution is 1.26. The highest BCUT2D eigenvalue weighted by molar-refractivity contribution is 5.69. The Morgan fingerprint density at radius 2 is 0.579 bits per heavy atom. The summed E-state index contributed by atoms with van der Waals surface area (Å²) in [5.41, 5.74) is 38.2. The number of urea groups is 4. The van der Waals surface area contributed by atoms with Crippen molar-refractivity contribution in [1.29, 1.82) is 5.26 Å². The summed E-state index contributed by atoms with van der Waals surface area (Å²) in [5, 5.41) is 7.10. The predicted octanol–water partition coefficient (Wildman–Crippen LogP) is -4.48. The molecule has 19 heavy (non-hydrogen) atoms. The number of nitriles is 1. The highest BCUT2D eigenvalue weighted by atomic mass is 16.2. The van der Waals surface area contributed by atoms with Crippen molar-refractivity contribution >= 4 is 24.1 Å². The fourth-order valence-electron chi connectivity index (χ4n) is 0. The molecule has 0 spiro atoms. The topological polar surface area (TPSA) is 326 Å². The average Bonchev–Trinajstić information content (AvgIpc) is 1.97. The minimum Gasteiger partial charge on any atom is -0.352 e. The van der Waals surface area contributed by atoms with Gasteiger partial charge in [-0.1, -0.05) is 0 Å². The number of primary amides is 8. The van der Waals surface area contributed by atoms with E-state index in [0.717, 1.165) is 0 Å². The summed E-state index contributed by atoms with van der Waals surface area (Å²) in [5.74, 6) is 0. The number of nitrogens with two attached hydrogens (primary N) is 9. The lowest BCUT2D eigenvalue weighted by Gasteiger charge is -1.62. The van der Waals surface area contributed by atoms with Gasteiger partial charge in [-0.25, -0.2) is 19.2 Å². The Hall–Kier alpha value is -3.63. The van der Waals surface area contributed by atoms with Crippen molar-refractivity contribution in [1.82, 2.24) is 0 Å². The number of hydrogen-bond donors (Lipinski definition) is 9. The van der Waals surface area contributed by atoms with Crippen LogP contribution in [0.1, 0.15) is 0 Å². The van der Waals surface area contributed by atoms with Crippen molar-refractivity contribution in [2.75, 3.05) is 0 Å². The van der Waals surface area contributed by atoms with Crippen molar-refractivity contribution in [2.24, 2.45) is 51.6 Å². The highest BCUT2D eigenvalue weighted by Gasteiger charge is 1.61. The molecule has 0 atom stereocenters. The van der Waals surface area contributed by atoms with Crippen LogP contribution in [0.5, 0.6) is 0 Å². The van der Waals surface area contributed by atoms with E-state index in [4.69, 9.17) is 24.4 Å². The normalized spacial score (nSPS) is 5.42. The van der Waals surface area contributed by atoms with E-state index in [2.05, 4.69) is 51.6 Å². The molecule has 0 aromatic heterocycles. The van der Waals surface area contributed by atoms with Gasteiger partial charge < -0.3 is 51.6 Å². The maximum absolute atomic E-state index is 9.00. The van der Waals surface area contributed by atoms with Gasteiger partial charge in [0.2, 0.25) is 0 Å². The van der Waals surface area contributed by atoms with Crippen LogP contribution in [-0.2, 0) is 0 Å². The van der Waals surface area contributed by atoms with Crippen LogP contribution in [0.4, 0.5) is 19.2 Å². The Labute approximate surface area is 107 Å². The largest absolute Gasteiger partial charge is 0.352 e. The maximum atomic E-state index is 9.00. The van der Waals surface area contributed by atoms with Gasteiger partial charge in [0, 0.05) is 0 Å². The summed E-state index contributed by atoms with van der Waals surface area (Å²) < 4.78 is 0. The van der Waals surface area contributed by atoms with E-state index in [9.17, 15) is 0 Å².